The lowest BCUT2D eigenvalue weighted by Gasteiger charge is -2.19. The van der Waals surface area contributed by atoms with Crippen molar-refractivity contribution >= 4 is 28.9 Å². The fraction of sp³-hybridized carbons (Fsp3) is 0.0571. The van der Waals surface area contributed by atoms with Crippen LogP contribution in [0.1, 0.15) is 22.7 Å². The Bertz CT molecular complexity index is 1770. The van der Waals surface area contributed by atoms with Crippen molar-refractivity contribution in [3.05, 3.63) is 150 Å². The summed E-state index contributed by atoms with van der Waals surface area (Å²) < 4.78 is 13.1. The second-order valence-corrected chi connectivity index (χ2v) is 9.62. The SMILES string of the molecule is O=C(COC(=O)/C=C/c1cn(-c2ccccc2)nc1-c1cc2ccccc2o1)NC(c1ccccc1)c1ccccc1. The number of para-hydroxylation sites is 2. The molecule has 42 heavy (non-hydrogen) atoms. The number of esters is 1. The molecule has 1 N–H and O–H groups in total. The van der Waals surface area contributed by atoms with Crippen LogP contribution in [0, 0.1) is 0 Å². The van der Waals surface area contributed by atoms with Gasteiger partial charge in [-0.1, -0.05) is 97.1 Å². The first kappa shape index (κ1) is 26.5. The summed E-state index contributed by atoms with van der Waals surface area (Å²) >= 11 is 0. The van der Waals surface area contributed by atoms with Crippen LogP contribution in [0.3, 0.4) is 0 Å². The molecule has 0 fully saturated rings. The van der Waals surface area contributed by atoms with Gasteiger partial charge in [-0.25, -0.2) is 9.48 Å². The predicted molar refractivity (Wildman–Crippen MR) is 162 cm³/mol. The fourth-order valence-electron chi connectivity index (χ4n) is 4.71. The third-order valence-corrected chi connectivity index (χ3v) is 6.74. The van der Waals surface area contributed by atoms with E-state index in [0.29, 0.717) is 17.0 Å². The van der Waals surface area contributed by atoms with Crippen LogP contribution in [0.4, 0.5) is 0 Å². The van der Waals surface area contributed by atoms with Crippen molar-refractivity contribution in [3.63, 3.8) is 0 Å². The maximum absolute atomic E-state index is 12.8. The van der Waals surface area contributed by atoms with E-state index in [0.717, 1.165) is 27.8 Å². The Morgan fingerprint density at radius 3 is 2.12 bits per heavy atom. The van der Waals surface area contributed by atoms with Crippen LogP contribution in [0.15, 0.2) is 138 Å². The topological polar surface area (TPSA) is 86.4 Å². The van der Waals surface area contributed by atoms with Crippen LogP contribution in [0.5, 0.6) is 0 Å². The first-order valence-corrected chi connectivity index (χ1v) is 13.5. The zero-order chi connectivity index (χ0) is 28.7. The number of fused-ring (bicyclic) bond motifs is 1. The third kappa shape index (κ3) is 6.05. The summed E-state index contributed by atoms with van der Waals surface area (Å²) in [6.07, 6.45) is 4.72. The Labute approximate surface area is 242 Å². The second-order valence-electron chi connectivity index (χ2n) is 9.62. The number of hydrogen-bond donors (Lipinski definition) is 1. The Hall–Kier alpha value is -5.69. The number of nitrogens with zero attached hydrogens (tertiary/aromatic N) is 2. The van der Waals surface area contributed by atoms with Crippen molar-refractivity contribution in [3.8, 4) is 17.1 Å². The summed E-state index contributed by atoms with van der Waals surface area (Å²) in [5, 5.41) is 8.67. The average molecular weight is 554 g/mol. The number of carbonyl (C=O) groups excluding carboxylic acids is 2. The molecule has 0 saturated heterocycles. The fourth-order valence-corrected chi connectivity index (χ4v) is 4.71. The van der Waals surface area contributed by atoms with Gasteiger partial charge in [-0.2, -0.15) is 5.10 Å². The van der Waals surface area contributed by atoms with Gasteiger partial charge >= 0.3 is 5.97 Å². The zero-order valence-electron chi connectivity index (χ0n) is 22.6. The molecule has 0 aliphatic carbocycles. The van der Waals surface area contributed by atoms with Crippen LogP contribution < -0.4 is 5.32 Å². The summed E-state index contributed by atoms with van der Waals surface area (Å²) in [5.74, 6) is -0.482. The highest BCUT2D eigenvalue weighted by Crippen LogP contribution is 2.30. The van der Waals surface area contributed by atoms with Gasteiger partial charge in [0.15, 0.2) is 12.4 Å². The van der Waals surface area contributed by atoms with Gasteiger partial charge < -0.3 is 14.5 Å². The van der Waals surface area contributed by atoms with Gasteiger partial charge in [0.2, 0.25) is 0 Å². The Kier molecular flexibility index (Phi) is 7.72. The van der Waals surface area contributed by atoms with Gasteiger partial charge in [0.05, 0.1) is 11.7 Å². The molecule has 206 valence electrons. The van der Waals surface area contributed by atoms with Gasteiger partial charge in [-0.3, -0.25) is 4.79 Å². The summed E-state index contributed by atoms with van der Waals surface area (Å²) in [5.41, 5.74) is 4.69. The lowest BCUT2D eigenvalue weighted by molar-refractivity contribution is -0.143. The molecule has 7 nitrogen and oxygen atoms in total. The van der Waals surface area contributed by atoms with E-state index in [1.807, 2.05) is 128 Å². The molecule has 0 spiro atoms. The van der Waals surface area contributed by atoms with Gasteiger partial charge in [0, 0.05) is 23.2 Å². The molecule has 0 aliphatic heterocycles. The number of benzene rings is 4. The minimum absolute atomic E-state index is 0.371. The number of ether oxygens (including phenoxy) is 1. The summed E-state index contributed by atoms with van der Waals surface area (Å²) in [7, 11) is 0. The Morgan fingerprint density at radius 2 is 1.45 bits per heavy atom. The number of nitrogens with one attached hydrogen (secondary N) is 1. The van der Waals surface area contributed by atoms with Gasteiger partial charge in [0.25, 0.3) is 5.91 Å². The molecule has 2 aromatic heterocycles. The monoisotopic (exact) mass is 553 g/mol. The van der Waals surface area contributed by atoms with E-state index in [9.17, 15) is 9.59 Å². The number of furan rings is 1. The first-order valence-electron chi connectivity index (χ1n) is 13.5. The highest BCUT2D eigenvalue weighted by atomic mass is 16.5. The Morgan fingerprint density at radius 1 is 0.833 bits per heavy atom. The van der Waals surface area contributed by atoms with E-state index in [1.54, 1.807) is 10.8 Å². The molecule has 0 saturated carbocycles. The highest BCUT2D eigenvalue weighted by Gasteiger charge is 2.18. The number of hydrogen-bond acceptors (Lipinski definition) is 5. The molecule has 0 aliphatic rings. The number of rotatable bonds is 9. The molecule has 7 heteroatoms. The van der Waals surface area contributed by atoms with Crippen LogP contribution >= 0.6 is 0 Å². The molecule has 6 aromatic rings. The van der Waals surface area contributed by atoms with Crippen molar-refractivity contribution in [2.45, 2.75) is 6.04 Å². The third-order valence-electron chi connectivity index (χ3n) is 6.74. The van der Waals surface area contributed by atoms with E-state index in [2.05, 4.69) is 5.32 Å². The van der Waals surface area contributed by atoms with E-state index < -0.39 is 18.5 Å². The molecule has 0 unspecified atom stereocenters. The van der Waals surface area contributed by atoms with E-state index >= 15 is 0 Å². The van der Waals surface area contributed by atoms with Crippen molar-refractivity contribution < 1.29 is 18.7 Å². The van der Waals surface area contributed by atoms with Gasteiger partial charge in [0.1, 0.15) is 11.3 Å². The molecule has 1 amide bonds. The summed E-state index contributed by atoms with van der Waals surface area (Å²) in [6.45, 7) is -0.418. The molecular weight excluding hydrogens is 526 g/mol. The van der Waals surface area contributed by atoms with Gasteiger partial charge in [-0.05, 0) is 41.5 Å². The molecular formula is C35H27N3O4. The molecule has 2 heterocycles. The van der Waals surface area contributed by atoms with E-state index in [1.165, 1.54) is 6.08 Å². The van der Waals surface area contributed by atoms with Crippen molar-refractivity contribution in [2.75, 3.05) is 6.61 Å². The summed E-state index contributed by atoms with van der Waals surface area (Å²) in [6, 6.07) is 38.2. The first-order chi connectivity index (χ1) is 20.6. The van der Waals surface area contributed by atoms with Crippen molar-refractivity contribution in [2.24, 2.45) is 0 Å². The second kappa shape index (κ2) is 12.2. The van der Waals surface area contributed by atoms with Crippen molar-refractivity contribution in [1.82, 2.24) is 15.1 Å². The smallest absolute Gasteiger partial charge is 0.331 e. The highest BCUT2D eigenvalue weighted by molar-refractivity contribution is 5.91. The number of carbonyl (C=O) groups is 2. The lowest BCUT2D eigenvalue weighted by Crippen LogP contribution is -2.32. The Balaban J connectivity index is 1.18. The van der Waals surface area contributed by atoms with E-state index in [-0.39, 0.29) is 6.04 Å². The number of aromatic nitrogens is 2. The maximum Gasteiger partial charge on any atom is 0.331 e. The molecule has 0 atom stereocenters. The molecule has 6 rings (SSSR count). The van der Waals surface area contributed by atoms with Gasteiger partial charge in [-0.15, -0.1) is 0 Å². The normalized spacial score (nSPS) is 11.3. The molecule has 4 aromatic carbocycles. The molecule has 0 radical (unpaired) electrons. The van der Waals surface area contributed by atoms with Crippen LogP contribution in [-0.2, 0) is 14.3 Å². The lowest BCUT2D eigenvalue weighted by atomic mass is 9.99. The largest absolute Gasteiger partial charge is 0.454 e. The quantitative estimate of drug-likeness (QED) is 0.158. The maximum atomic E-state index is 12.8. The van der Waals surface area contributed by atoms with Crippen LogP contribution in [-0.4, -0.2) is 28.3 Å². The molecule has 0 bridgehead atoms. The summed E-state index contributed by atoms with van der Waals surface area (Å²) in [4.78, 5) is 25.5. The minimum Gasteiger partial charge on any atom is -0.454 e. The minimum atomic E-state index is -0.649. The average Bonchev–Trinajstić information content (AvgIpc) is 3.67. The standard InChI is InChI=1S/C35H27N3O4/c39-32(36-34(25-12-4-1-5-13-25)26-14-6-2-7-15-26)24-41-33(40)21-20-28-23-38(29-17-8-3-9-18-29)37-35(28)31-22-27-16-10-11-19-30(27)42-31/h1-23,34H,24H2,(H,36,39)/b21-20+. The predicted octanol–water partition coefficient (Wildman–Crippen LogP) is 6.75. The van der Waals surface area contributed by atoms with Crippen LogP contribution in [0.25, 0.3) is 34.2 Å². The zero-order valence-corrected chi connectivity index (χ0v) is 22.6. The van der Waals surface area contributed by atoms with Crippen LogP contribution in [0.2, 0.25) is 0 Å². The van der Waals surface area contributed by atoms with E-state index in [4.69, 9.17) is 14.3 Å². The number of amides is 1. The van der Waals surface area contributed by atoms with Crippen molar-refractivity contribution in [1.29, 1.82) is 0 Å².